The zero-order chi connectivity index (χ0) is 18.2. The molecule has 0 radical (unpaired) electrons. The van der Waals surface area contributed by atoms with E-state index >= 15 is 0 Å². The molecule has 0 aromatic heterocycles. The van der Waals surface area contributed by atoms with Crippen molar-refractivity contribution in [3.05, 3.63) is 35.4 Å². The van der Waals surface area contributed by atoms with Crippen LogP contribution >= 0.6 is 24.8 Å². The first kappa shape index (κ1) is 25.7. The number of nitrogens with zero attached hydrogens (tertiary/aromatic N) is 1. The first-order valence-electron chi connectivity index (χ1n) is 9.10. The van der Waals surface area contributed by atoms with Crippen molar-refractivity contribution in [1.82, 2.24) is 15.5 Å². The molecule has 27 heavy (non-hydrogen) atoms. The number of benzene rings is 1. The van der Waals surface area contributed by atoms with E-state index in [0.717, 1.165) is 25.2 Å². The van der Waals surface area contributed by atoms with E-state index in [2.05, 4.69) is 15.5 Å². The van der Waals surface area contributed by atoms with Crippen LogP contribution in [0.25, 0.3) is 0 Å². The van der Waals surface area contributed by atoms with E-state index in [0.29, 0.717) is 18.7 Å². The summed E-state index contributed by atoms with van der Waals surface area (Å²) in [5.41, 5.74) is 7.39. The number of nitrogens with two attached hydrogens (primary N) is 1. The van der Waals surface area contributed by atoms with Gasteiger partial charge in [0.05, 0.1) is 6.04 Å². The molecule has 1 atom stereocenters. The van der Waals surface area contributed by atoms with Crippen molar-refractivity contribution in [2.45, 2.75) is 39.3 Å². The molecule has 4 N–H and O–H groups in total. The van der Waals surface area contributed by atoms with E-state index in [1.165, 1.54) is 12.8 Å². The van der Waals surface area contributed by atoms with Crippen molar-refractivity contribution < 1.29 is 9.59 Å². The van der Waals surface area contributed by atoms with Crippen LogP contribution in [0.3, 0.4) is 0 Å². The fourth-order valence-electron chi connectivity index (χ4n) is 2.82. The normalized spacial score (nSPS) is 14.8. The number of carbonyl (C=O) groups is 2. The molecule has 1 aromatic rings. The van der Waals surface area contributed by atoms with Crippen LogP contribution in [-0.4, -0.2) is 48.9 Å². The van der Waals surface area contributed by atoms with Crippen LogP contribution in [0.4, 0.5) is 0 Å². The van der Waals surface area contributed by atoms with Crippen molar-refractivity contribution in [2.24, 2.45) is 11.7 Å². The maximum Gasteiger partial charge on any atom is 0.251 e. The second-order valence-corrected chi connectivity index (χ2v) is 6.99. The molecule has 0 aliphatic carbocycles. The van der Waals surface area contributed by atoms with Gasteiger partial charge in [0.15, 0.2) is 0 Å². The van der Waals surface area contributed by atoms with Gasteiger partial charge in [0.1, 0.15) is 0 Å². The fraction of sp³-hybridized carbons (Fsp3) is 0.579. The van der Waals surface area contributed by atoms with Gasteiger partial charge in [0, 0.05) is 25.2 Å². The number of carbonyl (C=O) groups excluding carboxylic acids is 2. The van der Waals surface area contributed by atoms with Crippen LogP contribution in [0.15, 0.2) is 24.3 Å². The van der Waals surface area contributed by atoms with Crippen LogP contribution in [0.5, 0.6) is 0 Å². The highest BCUT2D eigenvalue weighted by Crippen LogP contribution is 2.07. The van der Waals surface area contributed by atoms with Crippen LogP contribution in [0.2, 0.25) is 0 Å². The summed E-state index contributed by atoms with van der Waals surface area (Å²) >= 11 is 0. The number of rotatable bonds is 8. The zero-order valence-electron chi connectivity index (χ0n) is 16.1. The van der Waals surface area contributed by atoms with E-state index in [-0.39, 0.29) is 42.5 Å². The van der Waals surface area contributed by atoms with E-state index in [1.807, 2.05) is 26.0 Å². The number of hydrogen-bond donors (Lipinski definition) is 3. The molecule has 1 heterocycles. The van der Waals surface area contributed by atoms with Crippen molar-refractivity contribution in [2.75, 3.05) is 26.2 Å². The van der Waals surface area contributed by atoms with Gasteiger partial charge in [-0.15, -0.1) is 24.8 Å². The van der Waals surface area contributed by atoms with E-state index in [4.69, 9.17) is 5.73 Å². The second-order valence-electron chi connectivity index (χ2n) is 6.99. The fourth-order valence-corrected chi connectivity index (χ4v) is 2.82. The number of hydrogen-bond acceptors (Lipinski definition) is 4. The smallest absolute Gasteiger partial charge is 0.251 e. The van der Waals surface area contributed by atoms with Gasteiger partial charge in [0.25, 0.3) is 5.91 Å². The molecule has 1 aliphatic heterocycles. The lowest BCUT2D eigenvalue weighted by molar-refractivity contribution is -0.123. The summed E-state index contributed by atoms with van der Waals surface area (Å²) in [5, 5.41) is 5.78. The Hall–Kier alpha value is -1.34. The molecule has 1 saturated heterocycles. The lowest BCUT2D eigenvalue weighted by Crippen LogP contribution is -2.43. The molecular formula is C19H32Cl2N4O2. The molecule has 1 aromatic carbocycles. The number of nitrogens with one attached hydrogen (secondary N) is 2. The van der Waals surface area contributed by atoms with Crippen molar-refractivity contribution in [3.8, 4) is 0 Å². The minimum atomic E-state index is -0.499. The molecule has 0 spiro atoms. The Morgan fingerprint density at radius 3 is 2.22 bits per heavy atom. The van der Waals surface area contributed by atoms with Crippen LogP contribution in [0.1, 0.15) is 42.6 Å². The number of likely N-dealkylation sites (tertiary alicyclic amines) is 1. The molecule has 1 aliphatic rings. The second kappa shape index (κ2) is 12.9. The Labute approximate surface area is 174 Å². The summed E-state index contributed by atoms with van der Waals surface area (Å²) < 4.78 is 0. The van der Waals surface area contributed by atoms with E-state index < -0.39 is 6.04 Å². The molecule has 1 fully saturated rings. The molecule has 8 heteroatoms. The van der Waals surface area contributed by atoms with Crippen LogP contribution < -0.4 is 16.4 Å². The standard InChI is InChI=1S/C19H30N4O2.2ClH/c1-14(2)17(20)19(25)22-13-15-5-7-16(8-6-15)18(24)21-9-12-23-10-3-4-11-23;;/h5-8,14,17H,3-4,9-13,20H2,1-2H3,(H,21,24)(H,22,25);2*1H/t17-;;/m0../s1. The number of amides is 2. The molecule has 2 rings (SSSR count). The lowest BCUT2D eigenvalue weighted by Gasteiger charge is -2.15. The van der Waals surface area contributed by atoms with Gasteiger partial charge in [-0.1, -0.05) is 26.0 Å². The largest absolute Gasteiger partial charge is 0.351 e. The third-order valence-electron chi connectivity index (χ3n) is 4.62. The van der Waals surface area contributed by atoms with Gasteiger partial charge >= 0.3 is 0 Å². The topological polar surface area (TPSA) is 87.5 Å². The average molecular weight is 419 g/mol. The highest BCUT2D eigenvalue weighted by molar-refractivity contribution is 5.94. The van der Waals surface area contributed by atoms with Crippen molar-refractivity contribution in [1.29, 1.82) is 0 Å². The van der Waals surface area contributed by atoms with Crippen molar-refractivity contribution in [3.63, 3.8) is 0 Å². The summed E-state index contributed by atoms with van der Waals surface area (Å²) in [5.74, 6) is -0.109. The Kier molecular flexibility index (Phi) is 12.3. The van der Waals surface area contributed by atoms with Gasteiger partial charge in [-0.25, -0.2) is 0 Å². The third-order valence-corrected chi connectivity index (χ3v) is 4.62. The van der Waals surface area contributed by atoms with Gasteiger partial charge in [-0.3, -0.25) is 9.59 Å². The average Bonchev–Trinajstić information content (AvgIpc) is 3.12. The Balaban J connectivity index is 0.00000338. The quantitative estimate of drug-likeness (QED) is 0.601. The summed E-state index contributed by atoms with van der Waals surface area (Å²) in [6, 6.07) is 6.79. The molecule has 6 nitrogen and oxygen atoms in total. The minimum absolute atomic E-state index is 0. The predicted molar refractivity (Wildman–Crippen MR) is 114 cm³/mol. The molecule has 0 bridgehead atoms. The molecule has 154 valence electrons. The molecule has 0 saturated carbocycles. The third kappa shape index (κ3) is 8.47. The first-order valence-corrected chi connectivity index (χ1v) is 9.10. The summed E-state index contributed by atoms with van der Waals surface area (Å²) in [6.45, 7) is 8.10. The Bertz CT molecular complexity index is 576. The highest BCUT2D eigenvalue weighted by Gasteiger charge is 2.16. The minimum Gasteiger partial charge on any atom is -0.351 e. The lowest BCUT2D eigenvalue weighted by atomic mass is 10.0. The van der Waals surface area contributed by atoms with E-state index in [1.54, 1.807) is 12.1 Å². The molecule has 2 amide bonds. The molecule has 0 unspecified atom stereocenters. The predicted octanol–water partition coefficient (Wildman–Crippen LogP) is 1.96. The van der Waals surface area contributed by atoms with Gasteiger partial charge < -0.3 is 21.3 Å². The van der Waals surface area contributed by atoms with E-state index in [9.17, 15) is 9.59 Å². The highest BCUT2D eigenvalue weighted by atomic mass is 35.5. The summed E-state index contributed by atoms with van der Waals surface area (Å²) in [4.78, 5) is 26.4. The molecular weight excluding hydrogens is 387 g/mol. The maximum atomic E-state index is 12.1. The maximum absolute atomic E-state index is 12.1. The van der Waals surface area contributed by atoms with Crippen LogP contribution in [-0.2, 0) is 11.3 Å². The number of halogens is 2. The van der Waals surface area contributed by atoms with Gasteiger partial charge in [-0.05, 0) is 49.5 Å². The van der Waals surface area contributed by atoms with Gasteiger partial charge in [-0.2, -0.15) is 0 Å². The van der Waals surface area contributed by atoms with Gasteiger partial charge in [0.2, 0.25) is 5.91 Å². The summed E-state index contributed by atoms with van der Waals surface area (Å²) in [6.07, 6.45) is 2.52. The first-order chi connectivity index (χ1) is 12.0. The Morgan fingerprint density at radius 2 is 1.67 bits per heavy atom. The monoisotopic (exact) mass is 418 g/mol. The summed E-state index contributed by atoms with van der Waals surface area (Å²) in [7, 11) is 0. The Morgan fingerprint density at radius 1 is 1.07 bits per heavy atom. The zero-order valence-corrected chi connectivity index (χ0v) is 17.7. The SMILES string of the molecule is CC(C)[C@H](N)C(=O)NCc1ccc(C(=O)NCCN2CCCC2)cc1.Cl.Cl. The van der Waals surface area contributed by atoms with Crippen LogP contribution in [0, 0.1) is 5.92 Å². The van der Waals surface area contributed by atoms with Crippen molar-refractivity contribution >= 4 is 36.6 Å².